The second-order valence-electron chi connectivity index (χ2n) is 7.21. The van der Waals surface area contributed by atoms with Crippen LogP contribution in [0.15, 0.2) is 54.9 Å². The Bertz CT molecular complexity index is 1120. The SMILES string of the molecule is O=C(O)c1ccn(C(=O)N2CCN(Cc3cccc(Oc4ccc(F)cn4)c3)CC2O)n1. The van der Waals surface area contributed by atoms with Gasteiger partial charge in [-0.25, -0.2) is 19.0 Å². The van der Waals surface area contributed by atoms with Gasteiger partial charge in [0.15, 0.2) is 5.69 Å². The Labute approximate surface area is 182 Å². The van der Waals surface area contributed by atoms with Crippen LogP contribution in [0.25, 0.3) is 0 Å². The van der Waals surface area contributed by atoms with E-state index in [1.807, 2.05) is 23.1 Å². The largest absolute Gasteiger partial charge is 0.476 e. The van der Waals surface area contributed by atoms with E-state index >= 15 is 0 Å². The molecule has 2 N–H and O–H groups in total. The third kappa shape index (κ3) is 4.90. The van der Waals surface area contributed by atoms with E-state index in [4.69, 9.17) is 9.84 Å². The summed E-state index contributed by atoms with van der Waals surface area (Å²) in [6.45, 7) is 1.47. The number of rotatable bonds is 5. The Morgan fingerprint density at radius 1 is 1.19 bits per heavy atom. The molecule has 1 unspecified atom stereocenters. The number of halogens is 1. The van der Waals surface area contributed by atoms with Gasteiger partial charge in [0.25, 0.3) is 0 Å². The zero-order chi connectivity index (χ0) is 22.7. The van der Waals surface area contributed by atoms with E-state index in [0.29, 0.717) is 18.8 Å². The zero-order valence-corrected chi connectivity index (χ0v) is 16.8. The number of amides is 1. The number of aliphatic hydroxyl groups is 1. The van der Waals surface area contributed by atoms with Gasteiger partial charge < -0.3 is 14.9 Å². The van der Waals surface area contributed by atoms with Crippen LogP contribution < -0.4 is 4.74 Å². The van der Waals surface area contributed by atoms with Crippen molar-refractivity contribution >= 4 is 12.0 Å². The van der Waals surface area contributed by atoms with E-state index in [-0.39, 0.29) is 24.7 Å². The van der Waals surface area contributed by atoms with Crippen molar-refractivity contribution in [1.29, 1.82) is 0 Å². The first-order chi connectivity index (χ1) is 15.4. The van der Waals surface area contributed by atoms with Crippen molar-refractivity contribution in [2.75, 3.05) is 19.6 Å². The van der Waals surface area contributed by atoms with E-state index < -0.39 is 24.0 Å². The maximum Gasteiger partial charge on any atom is 0.356 e. The number of carboxylic acids is 1. The molecule has 32 heavy (non-hydrogen) atoms. The molecule has 0 radical (unpaired) electrons. The van der Waals surface area contributed by atoms with Crippen molar-refractivity contribution in [3.63, 3.8) is 0 Å². The summed E-state index contributed by atoms with van der Waals surface area (Å²) in [7, 11) is 0. The summed E-state index contributed by atoms with van der Waals surface area (Å²) in [5, 5.41) is 23.1. The maximum atomic E-state index is 13.0. The van der Waals surface area contributed by atoms with Crippen LogP contribution in [-0.2, 0) is 6.54 Å². The van der Waals surface area contributed by atoms with Gasteiger partial charge in [0.05, 0.1) is 6.20 Å². The number of benzene rings is 1. The predicted molar refractivity (Wildman–Crippen MR) is 109 cm³/mol. The lowest BCUT2D eigenvalue weighted by atomic mass is 10.2. The molecule has 10 nitrogen and oxygen atoms in total. The summed E-state index contributed by atoms with van der Waals surface area (Å²) in [6, 6.07) is 10.6. The van der Waals surface area contributed by atoms with E-state index in [9.17, 15) is 19.1 Å². The quantitative estimate of drug-likeness (QED) is 0.617. The fourth-order valence-corrected chi connectivity index (χ4v) is 3.37. The smallest absolute Gasteiger partial charge is 0.356 e. The molecule has 3 heterocycles. The van der Waals surface area contributed by atoms with Gasteiger partial charge in [0.2, 0.25) is 5.88 Å². The highest BCUT2D eigenvalue weighted by Crippen LogP contribution is 2.22. The summed E-state index contributed by atoms with van der Waals surface area (Å²) in [4.78, 5) is 30.6. The number of hydrogen-bond acceptors (Lipinski definition) is 7. The number of β-amino-alcohol motifs (C(OH)–C–C–N with tert-alkyl or cyclic N) is 1. The van der Waals surface area contributed by atoms with Gasteiger partial charge in [-0.1, -0.05) is 12.1 Å². The minimum Gasteiger partial charge on any atom is -0.476 e. The molecule has 4 rings (SSSR count). The van der Waals surface area contributed by atoms with Gasteiger partial charge in [-0.3, -0.25) is 9.80 Å². The molecule has 2 aromatic heterocycles. The summed E-state index contributed by atoms with van der Waals surface area (Å²) >= 11 is 0. The molecule has 1 fully saturated rings. The van der Waals surface area contributed by atoms with E-state index in [1.54, 1.807) is 6.07 Å². The van der Waals surface area contributed by atoms with Gasteiger partial charge >= 0.3 is 12.0 Å². The molecule has 1 atom stereocenters. The number of piperazine rings is 1. The molecule has 11 heteroatoms. The predicted octanol–water partition coefficient (Wildman–Crippen LogP) is 2.01. The summed E-state index contributed by atoms with van der Waals surface area (Å²) in [6.07, 6.45) is 1.26. The van der Waals surface area contributed by atoms with Crippen molar-refractivity contribution in [2.24, 2.45) is 0 Å². The zero-order valence-electron chi connectivity index (χ0n) is 16.8. The third-order valence-corrected chi connectivity index (χ3v) is 4.92. The Morgan fingerprint density at radius 3 is 2.72 bits per heavy atom. The van der Waals surface area contributed by atoms with Crippen molar-refractivity contribution in [2.45, 2.75) is 12.8 Å². The summed E-state index contributed by atoms with van der Waals surface area (Å²) < 4.78 is 19.6. The minimum absolute atomic E-state index is 0.212. The summed E-state index contributed by atoms with van der Waals surface area (Å²) in [5.74, 6) is -0.861. The number of hydrogen-bond donors (Lipinski definition) is 2. The second kappa shape index (κ2) is 9.12. The lowest BCUT2D eigenvalue weighted by molar-refractivity contribution is -0.0329. The molecule has 1 saturated heterocycles. The molecule has 1 aliphatic rings. The lowest BCUT2D eigenvalue weighted by Crippen LogP contribution is -2.55. The Kier molecular flexibility index (Phi) is 6.10. The Hall–Kier alpha value is -3.83. The van der Waals surface area contributed by atoms with Crippen LogP contribution in [0.1, 0.15) is 16.1 Å². The normalized spacial score (nSPS) is 16.7. The highest BCUT2D eigenvalue weighted by atomic mass is 19.1. The molecule has 0 aliphatic carbocycles. The number of aliphatic hydroxyl groups excluding tert-OH is 1. The van der Waals surface area contributed by atoms with Gasteiger partial charge in [-0.2, -0.15) is 9.78 Å². The standard InChI is InChI=1S/C21H20FN5O5/c22-15-4-5-18(23-11-15)32-16-3-1-2-14(10-16)12-25-8-9-26(19(28)13-25)21(31)27-7-6-17(24-27)20(29)30/h1-7,10-11,19,28H,8-9,12-13H2,(H,29,30). The average Bonchev–Trinajstić information content (AvgIpc) is 3.26. The number of nitrogens with zero attached hydrogens (tertiary/aromatic N) is 5. The van der Waals surface area contributed by atoms with Crippen LogP contribution in [0.3, 0.4) is 0 Å². The molecule has 166 valence electrons. The average molecular weight is 441 g/mol. The third-order valence-electron chi connectivity index (χ3n) is 4.92. The van der Waals surface area contributed by atoms with Crippen molar-refractivity contribution in [3.05, 3.63) is 71.9 Å². The van der Waals surface area contributed by atoms with Gasteiger partial charge in [-0.05, 0) is 29.8 Å². The van der Waals surface area contributed by atoms with Crippen LogP contribution in [0, 0.1) is 5.82 Å². The monoisotopic (exact) mass is 441 g/mol. The number of carboxylic acid groups (broad SMARTS) is 1. The number of carbonyl (C=O) groups excluding carboxylic acids is 1. The number of pyridine rings is 1. The molecule has 0 saturated carbocycles. The topological polar surface area (TPSA) is 121 Å². The summed E-state index contributed by atoms with van der Waals surface area (Å²) in [5.41, 5.74) is 0.680. The molecule has 0 spiro atoms. The second-order valence-corrected chi connectivity index (χ2v) is 7.21. The van der Waals surface area contributed by atoms with Gasteiger partial charge in [0, 0.05) is 38.4 Å². The Balaban J connectivity index is 1.36. The minimum atomic E-state index is -1.23. The Morgan fingerprint density at radius 2 is 2.03 bits per heavy atom. The molecule has 1 amide bonds. The first-order valence-corrected chi connectivity index (χ1v) is 9.78. The van der Waals surface area contributed by atoms with Crippen LogP contribution in [0.2, 0.25) is 0 Å². The fraction of sp³-hybridized carbons (Fsp3) is 0.238. The van der Waals surface area contributed by atoms with E-state index in [1.165, 1.54) is 29.3 Å². The number of aromatic carboxylic acids is 1. The van der Waals surface area contributed by atoms with E-state index in [0.717, 1.165) is 16.4 Å². The molecular formula is C21H20FN5O5. The van der Waals surface area contributed by atoms with Gasteiger partial charge in [0.1, 0.15) is 17.8 Å². The van der Waals surface area contributed by atoms with Crippen molar-refractivity contribution in [1.82, 2.24) is 24.6 Å². The lowest BCUT2D eigenvalue weighted by Gasteiger charge is -2.38. The molecule has 1 aliphatic heterocycles. The number of carbonyl (C=O) groups is 2. The van der Waals surface area contributed by atoms with Crippen LogP contribution in [-0.4, -0.2) is 72.6 Å². The molecule has 0 bridgehead atoms. The van der Waals surface area contributed by atoms with Crippen LogP contribution in [0.5, 0.6) is 11.6 Å². The van der Waals surface area contributed by atoms with Crippen molar-refractivity contribution in [3.8, 4) is 11.6 Å². The molecule has 1 aromatic carbocycles. The van der Waals surface area contributed by atoms with Gasteiger partial charge in [-0.15, -0.1) is 0 Å². The number of ether oxygens (including phenoxy) is 1. The first kappa shape index (κ1) is 21.4. The van der Waals surface area contributed by atoms with Crippen LogP contribution in [0.4, 0.5) is 9.18 Å². The molecular weight excluding hydrogens is 421 g/mol. The number of aromatic nitrogens is 3. The fourth-order valence-electron chi connectivity index (χ4n) is 3.37. The van der Waals surface area contributed by atoms with Crippen molar-refractivity contribution < 1.29 is 28.9 Å². The highest BCUT2D eigenvalue weighted by Gasteiger charge is 2.30. The van der Waals surface area contributed by atoms with Crippen LogP contribution >= 0.6 is 0 Å². The van der Waals surface area contributed by atoms with E-state index in [2.05, 4.69) is 10.1 Å². The first-order valence-electron chi connectivity index (χ1n) is 9.78. The maximum absolute atomic E-state index is 13.0. The molecule has 3 aromatic rings. The highest BCUT2D eigenvalue weighted by molar-refractivity contribution is 5.86.